The van der Waals surface area contributed by atoms with Crippen molar-refractivity contribution in [3.63, 3.8) is 0 Å². The summed E-state index contributed by atoms with van der Waals surface area (Å²) in [4.78, 5) is 40.1. The maximum Gasteiger partial charge on any atom is 0.325 e. The van der Waals surface area contributed by atoms with E-state index in [0.29, 0.717) is 18.5 Å². The Hall–Kier alpha value is -3.15. The molecule has 1 aliphatic heterocycles. The summed E-state index contributed by atoms with van der Waals surface area (Å²) < 4.78 is 0. The summed E-state index contributed by atoms with van der Waals surface area (Å²) >= 11 is 0. The number of hydrogen-bond donors (Lipinski definition) is 1. The van der Waals surface area contributed by atoms with E-state index in [9.17, 15) is 14.4 Å². The van der Waals surface area contributed by atoms with Crippen LogP contribution < -0.4 is 10.2 Å². The quantitative estimate of drug-likeness (QED) is 0.800. The fourth-order valence-electron chi connectivity index (χ4n) is 3.14. The van der Waals surface area contributed by atoms with Crippen LogP contribution in [0.4, 0.5) is 10.5 Å². The van der Waals surface area contributed by atoms with Gasteiger partial charge in [-0.25, -0.2) is 4.79 Å². The second kappa shape index (κ2) is 7.61. The van der Waals surface area contributed by atoms with Crippen molar-refractivity contribution in [1.29, 1.82) is 0 Å². The predicted molar refractivity (Wildman–Crippen MR) is 103 cm³/mol. The molecule has 2 aromatic rings. The summed E-state index contributed by atoms with van der Waals surface area (Å²) in [6.45, 7) is 1.43. The molecule has 4 amide bonds. The third-order valence-corrected chi connectivity index (χ3v) is 4.91. The molecule has 6 nitrogen and oxygen atoms in total. The lowest BCUT2D eigenvalue weighted by Crippen LogP contribution is -2.45. The number of para-hydroxylation sites is 1. The van der Waals surface area contributed by atoms with E-state index in [1.807, 2.05) is 48.5 Å². The van der Waals surface area contributed by atoms with Gasteiger partial charge in [0.1, 0.15) is 12.1 Å². The van der Waals surface area contributed by atoms with Gasteiger partial charge in [-0.05, 0) is 37.5 Å². The molecule has 0 aliphatic carbocycles. The van der Waals surface area contributed by atoms with Crippen LogP contribution in [0.1, 0.15) is 18.9 Å². The van der Waals surface area contributed by atoms with Crippen molar-refractivity contribution in [1.82, 2.24) is 10.2 Å². The lowest BCUT2D eigenvalue weighted by atomic mass is 9.93. The number of rotatable bonds is 6. The van der Waals surface area contributed by atoms with Gasteiger partial charge < -0.3 is 10.2 Å². The zero-order valence-electron chi connectivity index (χ0n) is 15.5. The van der Waals surface area contributed by atoms with Gasteiger partial charge in [-0.2, -0.15) is 0 Å². The maximum absolute atomic E-state index is 12.8. The van der Waals surface area contributed by atoms with E-state index in [1.54, 1.807) is 26.1 Å². The number of anilines is 1. The smallest absolute Gasteiger partial charge is 0.323 e. The summed E-state index contributed by atoms with van der Waals surface area (Å²) in [6, 6.07) is 18.4. The normalized spacial score (nSPS) is 19.1. The molecule has 1 aliphatic rings. The van der Waals surface area contributed by atoms with Gasteiger partial charge >= 0.3 is 6.03 Å². The van der Waals surface area contributed by atoms with Gasteiger partial charge in [0.15, 0.2) is 0 Å². The molecule has 0 radical (unpaired) electrons. The molecule has 1 N–H and O–H groups in total. The van der Waals surface area contributed by atoms with Gasteiger partial charge in [-0.3, -0.25) is 14.5 Å². The number of likely N-dealkylation sites (N-methyl/N-ethyl adjacent to an activating group) is 1. The first-order valence-electron chi connectivity index (χ1n) is 8.90. The highest BCUT2D eigenvalue weighted by Gasteiger charge is 2.48. The van der Waals surface area contributed by atoms with E-state index in [4.69, 9.17) is 0 Å². The summed E-state index contributed by atoms with van der Waals surface area (Å²) in [5, 5.41) is 2.75. The molecule has 140 valence electrons. The number of benzene rings is 2. The minimum absolute atomic E-state index is 0.281. The third-order valence-electron chi connectivity index (χ3n) is 4.91. The Labute approximate surface area is 158 Å². The highest BCUT2D eigenvalue weighted by atomic mass is 16.2. The van der Waals surface area contributed by atoms with Crippen LogP contribution in [0.2, 0.25) is 0 Å². The number of carbonyl (C=O) groups excluding carboxylic acids is 3. The molecule has 0 unspecified atom stereocenters. The maximum atomic E-state index is 12.8. The van der Waals surface area contributed by atoms with Crippen LogP contribution in [0, 0.1) is 0 Å². The molecule has 1 saturated heterocycles. The summed E-state index contributed by atoms with van der Waals surface area (Å²) in [6.07, 6.45) is 1.13. The third kappa shape index (κ3) is 4.00. The molecule has 1 fully saturated rings. The van der Waals surface area contributed by atoms with Crippen molar-refractivity contribution in [3.8, 4) is 0 Å². The first kappa shape index (κ1) is 18.6. The first-order valence-corrected chi connectivity index (χ1v) is 8.90. The number of imide groups is 1. The van der Waals surface area contributed by atoms with Crippen molar-refractivity contribution in [2.75, 3.05) is 18.5 Å². The fraction of sp³-hybridized carbons (Fsp3) is 0.286. The summed E-state index contributed by atoms with van der Waals surface area (Å²) in [5.41, 5.74) is 0.805. The van der Waals surface area contributed by atoms with Crippen molar-refractivity contribution in [3.05, 3.63) is 66.2 Å². The molecule has 3 rings (SSSR count). The van der Waals surface area contributed by atoms with E-state index in [2.05, 4.69) is 5.32 Å². The number of hydrogen-bond acceptors (Lipinski definition) is 3. The van der Waals surface area contributed by atoms with Gasteiger partial charge in [0.05, 0.1) is 0 Å². The van der Waals surface area contributed by atoms with Crippen LogP contribution in [-0.2, 0) is 16.0 Å². The molecular weight excluding hydrogens is 342 g/mol. The average Bonchev–Trinajstić information content (AvgIpc) is 2.90. The van der Waals surface area contributed by atoms with E-state index in [1.165, 1.54) is 4.90 Å². The zero-order chi connectivity index (χ0) is 19.4. The first-order chi connectivity index (χ1) is 12.9. The minimum atomic E-state index is -1.00. The van der Waals surface area contributed by atoms with Gasteiger partial charge in [0.2, 0.25) is 5.91 Å². The Morgan fingerprint density at radius 3 is 2.26 bits per heavy atom. The average molecular weight is 365 g/mol. The lowest BCUT2D eigenvalue weighted by Gasteiger charge is -2.23. The molecule has 0 saturated carbocycles. The second-order valence-corrected chi connectivity index (χ2v) is 6.93. The number of carbonyl (C=O) groups is 3. The zero-order valence-corrected chi connectivity index (χ0v) is 15.5. The van der Waals surface area contributed by atoms with Crippen LogP contribution in [0.3, 0.4) is 0 Å². The molecular formula is C21H23N3O3. The van der Waals surface area contributed by atoms with Crippen LogP contribution in [0.25, 0.3) is 0 Å². The fourth-order valence-corrected chi connectivity index (χ4v) is 3.14. The summed E-state index contributed by atoms with van der Waals surface area (Å²) in [7, 11) is 1.63. The van der Waals surface area contributed by atoms with Gasteiger partial charge in [0.25, 0.3) is 5.91 Å². The number of nitrogens with zero attached hydrogens (tertiary/aromatic N) is 2. The monoisotopic (exact) mass is 365 g/mol. The van der Waals surface area contributed by atoms with Crippen molar-refractivity contribution >= 4 is 23.5 Å². The van der Waals surface area contributed by atoms with Crippen molar-refractivity contribution < 1.29 is 14.4 Å². The number of nitrogens with one attached hydrogen (secondary N) is 1. The van der Waals surface area contributed by atoms with Gasteiger partial charge in [-0.15, -0.1) is 0 Å². The Morgan fingerprint density at radius 1 is 1.04 bits per heavy atom. The largest absolute Gasteiger partial charge is 0.325 e. The molecule has 1 atom stereocenters. The minimum Gasteiger partial charge on any atom is -0.323 e. The highest BCUT2D eigenvalue weighted by Crippen LogP contribution is 2.23. The van der Waals surface area contributed by atoms with Gasteiger partial charge in [-0.1, -0.05) is 48.5 Å². The molecule has 1 heterocycles. The highest BCUT2D eigenvalue weighted by molar-refractivity contribution is 6.10. The van der Waals surface area contributed by atoms with E-state index in [0.717, 1.165) is 10.5 Å². The second-order valence-electron chi connectivity index (χ2n) is 6.93. The number of urea groups is 1. The molecule has 6 heteroatoms. The molecule has 0 bridgehead atoms. The predicted octanol–water partition coefficient (Wildman–Crippen LogP) is 2.59. The molecule has 0 aromatic heterocycles. The Bertz CT molecular complexity index is 838. The molecule has 27 heavy (non-hydrogen) atoms. The number of aryl methyl sites for hydroxylation is 1. The Balaban J connectivity index is 1.65. The molecule has 2 aromatic carbocycles. The lowest BCUT2D eigenvalue weighted by molar-refractivity contribution is -0.134. The number of amides is 4. The van der Waals surface area contributed by atoms with E-state index < -0.39 is 11.6 Å². The topological polar surface area (TPSA) is 69.7 Å². The Morgan fingerprint density at radius 2 is 1.63 bits per heavy atom. The van der Waals surface area contributed by atoms with E-state index in [-0.39, 0.29) is 18.4 Å². The van der Waals surface area contributed by atoms with E-state index >= 15 is 0 Å². The SMILES string of the molecule is CN(C(=O)CN1C(=O)N[C@](C)(CCc2ccccc2)C1=O)c1ccccc1. The van der Waals surface area contributed by atoms with Crippen molar-refractivity contribution in [2.24, 2.45) is 0 Å². The van der Waals surface area contributed by atoms with Gasteiger partial charge in [0, 0.05) is 12.7 Å². The van der Waals surface area contributed by atoms with Crippen LogP contribution in [0.5, 0.6) is 0 Å². The molecule has 0 spiro atoms. The van der Waals surface area contributed by atoms with Crippen LogP contribution in [0.15, 0.2) is 60.7 Å². The van der Waals surface area contributed by atoms with Crippen LogP contribution in [-0.4, -0.2) is 41.9 Å². The van der Waals surface area contributed by atoms with Crippen molar-refractivity contribution in [2.45, 2.75) is 25.3 Å². The standard InChI is InChI=1S/C21H23N3O3/c1-21(14-13-16-9-5-3-6-10-16)19(26)24(20(27)22-21)15-18(25)23(2)17-11-7-4-8-12-17/h3-12H,13-15H2,1-2H3,(H,22,27)/t21-/m1/s1. The van der Waals surface area contributed by atoms with Crippen LogP contribution >= 0.6 is 0 Å². The summed E-state index contributed by atoms with van der Waals surface area (Å²) in [5.74, 6) is -0.685. The Kier molecular flexibility index (Phi) is 5.26.